The van der Waals surface area contributed by atoms with Crippen LogP contribution in [0.1, 0.15) is 0 Å². The van der Waals surface area contributed by atoms with Gasteiger partial charge in [0.1, 0.15) is 9.88 Å². The summed E-state index contributed by atoms with van der Waals surface area (Å²) in [6.45, 7) is 0. The van der Waals surface area contributed by atoms with Crippen molar-refractivity contribution in [2.24, 2.45) is 0 Å². The van der Waals surface area contributed by atoms with Gasteiger partial charge in [-0.15, -0.1) is 21.5 Å². The van der Waals surface area contributed by atoms with Gasteiger partial charge in [-0.25, -0.2) is 4.98 Å². The van der Waals surface area contributed by atoms with Crippen LogP contribution in [0.3, 0.4) is 0 Å². The number of hydrogen-bond donors (Lipinski definition) is 2. The molecule has 0 aliphatic rings. The summed E-state index contributed by atoms with van der Waals surface area (Å²) in [6, 6.07) is 8.90. The van der Waals surface area contributed by atoms with Crippen molar-refractivity contribution in [3.05, 3.63) is 52.8 Å². The average Bonchev–Trinajstić information content (AvgIpc) is 3.22. The Morgan fingerprint density at radius 3 is 2.72 bits per heavy atom. The maximum absolute atomic E-state index is 6.38. The van der Waals surface area contributed by atoms with Crippen molar-refractivity contribution in [2.75, 3.05) is 5.73 Å². The van der Waals surface area contributed by atoms with Crippen LogP contribution in [-0.4, -0.2) is 25.1 Å². The lowest BCUT2D eigenvalue weighted by atomic mass is 10.1. The molecule has 0 saturated heterocycles. The number of halogens is 2. The minimum atomic E-state index is 0.232. The molecule has 0 aliphatic carbocycles. The van der Waals surface area contributed by atoms with Gasteiger partial charge in [0.15, 0.2) is 5.82 Å². The molecule has 1 radical (unpaired) electrons. The summed E-state index contributed by atoms with van der Waals surface area (Å²) in [5.74, 6) is 0.760. The second kappa shape index (κ2) is 6.44. The highest BCUT2D eigenvalue weighted by Crippen LogP contribution is 2.41. The zero-order valence-corrected chi connectivity index (χ0v) is 14.8. The third-order valence-corrected chi connectivity index (χ3v) is 5.06. The quantitative estimate of drug-likeness (QED) is 0.544. The molecule has 1 aromatic carbocycles. The van der Waals surface area contributed by atoms with E-state index in [2.05, 4.69) is 26.4 Å². The van der Waals surface area contributed by atoms with Crippen LogP contribution < -0.4 is 5.73 Å². The molecule has 4 aromatic rings. The maximum atomic E-state index is 6.38. The Bertz CT molecular complexity index is 1040. The molecule has 4 rings (SSSR count). The average molecular weight is 388 g/mol. The van der Waals surface area contributed by atoms with Crippen LogP contribution in [0.15, 0.2) is 36.5 Å². The number of nitrogens with two attached hydrogens (primary N) is 1. The van der Waals surface area contributed by atoms with E-state index in [0.29, 0.717) is 21.6 Å². The van der Waals surface area contributed by atoms with Crippen LogP contribution in [0.4, 0.5) is 5.95 Å². The fourth-order valence-corrected chi connectivity index (χ4v) is 3.81. The lowest BCUT2D eigenvalue weighted by Gasteiger charge is -2.03. The third-order valence-electron chi connectivity index (χ3n) is 3.40. The van der Waals surface area contributed by atoms with Crippen LogP contribution in [0.2, 0.25) is 10.0 Å². The first kappa shape index (κ1) is 16.0. The highest BCUT2D eigenvalue weighted by atomic mass is 35.5. The Labute approximate surface area is 156 Å². The van der Waals surface area contributed by atoms with E-state index in [-0.39, 0.29) is 5.95 Å². The fraction of sp³-hybridized carbons (Fsp3) is 0. The van der Waals surface area contributed by atoms with E-state index >= 15 is 0 Å². The highest BCUT2D eigenvalue weighted by molar-refractivity contribution is 7.18. The zero-order valence-electron chi connectivity index (χ0n) is 12.5. The molecule has 0 spiro atoms. The Balaban J connectivity index is 1.93. The number of benzene rings is 1. The van der Waals surface area contributed by atoms with Gasteiger partial charge in [0.2, 0.25) is 5.95 Å². The predicted octanol–water partition coefficient (Wildman–Crippen LogP) is 4.35. The number of nitrogens with one attached hydrogen (secondary N) is 1. The summed E-state index contributed by atoms with van der Waals surface area (Å²) < 4.78 is 0. The number of aromatic nitrogens is 5. The number of nitrogen functional groups attached to an aromatic ring is 1. The van der Waals surface area contributed by atoms with E-state index < -0.39 is 0 Å². The van der Waals surface area contributed by atoms with Crippen LogP contribution in [-0.2, 0) is 0 Å². The van der Waals surface area contributed by atoms with Crippen molar-refractivity contribution in [2.45, 2.75) is 0 Å². The Kier molecular flexibility index (Phi) is 4.12. The van der Waals surface area contributed by atoms with Crippen LogP contribution >= 0.6 is 34.5 Å². The zero-order chi connectivity index (χ0) is 17.4. The molecule has 0 aliphatic heterocycles. The van der Waals surface area contributed by atoms with E-state index in [4.69, 9.17) is 33.9 Å². The number of anilines is 1. The molecule has 0 unspecified atom stereocenters. The Morgan fingerprint density at radius 2 is 2.04 bits per heavy atom. The number of pyridine rings is 1. The van der Waals surface area contributed by atoms with Gasteiger partial charge in [-0.3, -0.25) is 4.98 Å². The molecule has 6 nitrogen and oxygen atoms in total. The summed E-state index contributed by atoms with van der Waals surface area (Å²) in [5, 5.41) is 9.74. The molecule has 25 heavy (non-hydrogen) atoms. The topological polar surface area (TPSA) is 93.4 Å². The molecule has 123 valence electrons. The van der Waals surface area contributed by atoms with Crippen molar-refractivity contribution >= 4 is 40.5 Å². The first-order valence-electron chi connectivity index (χ1n) is 7.09. The van der Waals surface area contributed by atoms with Crippen molar-refractivity contribution in [1.82, 2.24) is 25.1 Å². The monoisotopic (exact) mass is 387 g/mol. The van der Waals surface area contributed by atoms with Crippen LogP contribution in [0.25, 0.3) is 32.5 Å². The number of H-pyrrole nitrogens is 1. The predicted molar refractivity (Wildman–Crippen MR) is 99.4 cm³/mol. The van der Waals surface area contributed by atoms with Gasteiger partial charge >= 0.3 is 0 Å². The maximum Gasteiger partial charge on any atom is 0.219 e. The number of rotatable bonds is 3. The van der Waals surface area contributed by atoms with Gasteiger partial charge in [-0.2, -0.15) is 0 Å². The normalized spacial score (nSPS) is 11.0. The van der Waals surface area contributed by atoms with Gasteiger partial charge in [0.25, 0.3) is 0 Å². The molecule has 3 N–H and O–H groups in total. The van der Waals surface area contributed by atoms with Crippen molar-refractivity contribution in [3.8, 4) is 32.5 Å². The molecular weight excluding hydrogens is 379 g/mol. The molecule has 0 amide bonds. The van der Waals surface area contributed by atoms with Crippen molar-refractivity contribution in [3.63, 3.8) is 0 Å². The summed E-state index contributed by atoms with van der Waals surface area (Å²) in [6.07, 6.45) is 4.47. The Hall–Kier alpha value is -2.48. The highest BCUT2D eigenvalue weighted by Gasteiger charge is 2.20. The number of aromatic amines is 1. The molecule has 9 heteroatoms. The summed E-state index contributed by atoms with van der Waals surface area (Å²) in [5.41, 5.74) is 7.99. The van der Waals surface area contributed by atoms with E-state index in [1.807, 2.05) is 12.1 Å². The van der Waals surface area contributed by atoms with Crippen LogP contribution in [0.5, 0.6) is 0 Å². The standard InChI is InChI=1S/C16H9Cl2N6S/c17-9-1-2-10(11(18)7-9)12-13(14-22-16(19)24-23-14)25-15(21-12)8-3-5-20-6-4-8/h1-5,7H,(H3,19,22,23,24). The van der Waals surface area contributed by atoms with Gasteiger partial charge < -0.3 is 10.7 Å². The van der Waals surface area contributed by atoms with E-state index in [0.717, 1.165) is 21.0 Å². The SMILES string of the molecule is Nc1nnc(-c2sc(-c3c[c]ncc3)nc2-c2ccc(Cl)cc2Cl)[nH]1. The van der Waals surface area contributed by atoms with Crippen molar-refractivity contribution < 1.29 is 0 Å². The largest absolute Gasteiger partial charge is 0.368 e. The molecule has 3 heterocycles. The smallest absolute Gasteiger partial charge is 0.219 e. The molecular formula is C16H9Cl2N6S. The van der Waals surface area contributed by atoms with Gasteiger partial charge in [0, 0.05) is 22.3 Å². The molecule has 3 aromatic heterocycles. The first-order valence-corrected chi connectivity index (χ1v) is 8.66. The lowest BCUT2D eigenvalue weighted by Crippen LogP contribution is -1.87. The molecule has 0 saturated carbocycles. The summed E-state index contributed by atoms with van der Waals surface area (Å²) in [7, 11) is 0. The number of hydrogen-bond acceptors (Lipinski definition) is 6. The second-order valence-corrected chi connectivity index (χ2v) is 6.90. The number of nitrogens with zero attached hydrogens (tertiary/aromatic N) is 4. The molecule has 0 atom stereocenters. The summed E-state index contributed by atoms with van der Waals surface area (Å²) in [4.78, 5) is 12.4. The number of thiazole rings is 1. The molecule has 0 bridgehead atoms. The van der Waals surface area contributed by atoms with Gasteiger partial charge in [-0.05, 0) is 30.3 Å². The van der Waals surface area contributed by atoms with Gasteiger partial charge in [0.05, 0.1) is 16.9 Å². The van der Waals surface area contributed by atoms with Gasteiger partial charge in [-0.1, -0.05) is 23.2 Å². The lowest BCUT2D eigenvalue weighted by molar-refractivity contribution is 1.10. The fourth-order valence-electron chi connectivity index (χ4n) is 2.29. The Morgan fingerprint density at radius 1 is 1.16 bits per heavy atom. The summed E-state index contributed by atoms with van der Waals surface area (Å²) >= 11 is 13.8. The minimum Gasteiger partial charge on any atom is -0.368 e. The van der Waals surface area contributed by atoms with Crippen molar-refractivity contribution in [1.29, 1.82) is 0 Å². The first-order chi connectivity index (χ1) is 12.1. The van der Waals surface area contributed by atoms with E-state index in [9.17, 15) is 0 Å². The van der Waals surface area contributed by atoms with E-state index in [1.54, 1.807) is 24.4 Å². The second-order valence-electron chi connectivity index (χ2n) is 5.05. The third kappa shape index (κ3) is 3.09. The van der Waals surface area contributed by atoms with E-state index in [1.165, 1.54) is 11.3 Å². The van der Waals surface area contributed by atoms with Crippen LogP contribution in [0, 0.1) is 6.20 Å². The molecule has 0 fully saturated rings. The minimum absolute atomic E-state index is 0.232.